The van der Waals surface area contributed by atoms with Crippen LogP contribution in [-0.4, -0.2) is 29.4 Å². The number of amides is 1. The molecule has 0 fully saturated rings. The first-order valence-electron chi connectivity index (χ1n) is 9.46. The smallest absolute Gasteiger partial charge is 0.222 e. The summed E-state index contributed by atoms with van der Waals surface area (Å²) in [5, 5.41) is 1.16. The van der Waals surface area contributed by atoms with Crippen LogP contribution in [0.3, 0.4) is 0 Å². The average molecular weight is 383 g/mol. The van der Waals surface area contributed by atoms with Crippen molar-refractivity contribution < 1.29 is 9.53 Å². The molecule has 0 bridgehead atoms. The van der Waals surface area contributed by atoms with Crippen molar-refractivity contribution in [3.05, 3.63) is 59.1 Å². The van der Waals surface area contributed by atoms with E-state index in [1.165, 1.54) is 4.70 Å². The summed E-state index contributed by atoms with van der Waals surface area (Å²) in [5.41, 5.74) is 2.19. The monoisotopic (exact) mass is 382 g/mol. The fourth-order valence-electron chi connectivity index (χ4n) is 2.99. The van der Waals surface area contributed by atoms with Gasteiger partial charge in [-0.05, 0) is 56.0 Å². The van der Waals surface area contributed by atoms with Crippen LogP contribution in [0, 0.1) is 0 Å². The maximum Gasteiger partial charge on any atom is 0.222 e. The number of ether oxygens (including phenoxy) is 1. The Bertz CT molecular complexity index is 840. The van der Waals surface area contributed by atoms with Crippen molar-refractivity contribution in [2.75, 3.05) is 13.7 Å². The largest absolute Gasteiger partial charge is 0.494 e. The zero-order valence-corrected chi connectivity index (χ0v) is 16.8. The number of benzene rings is 2. The quantitative estimate of drug-likeness (QED) is 0.486. The lowest BCUT2D eigenvalue weighted by atomic mass is 10.1. The molecule has 0 N–H and O–H groups in total. The molecule has 5 heteroatoms. The Morgan fingerprint density at radius 1 is 1.11 bits per heavy atom. The highest BCUT2D eigenvalue weighted by Crippen LogP contribution is 2.23. The molecule has 1 aromatic heterocycles. The third-order valence-corrected chi connectivity index (χ3v) is 5.55. The number of nitrogens with zero attached hydrogens (tertiary/aromatic N) is 2. The molecule has 142 valence electrons. The van der Waals surface area contributed by atoms with Crippen molar-refractivity contribution in [3.8, 4) is 5.75 Å². The summed E-state index contributed by atoms with van der Waals surface area (Å²) in [6.45, 7) is 3.26. The molecule has 0 aliphatic carbocycles. The highest BCUT2D eigenvalue weighted by Gasteiger charge is 2.10. The SMILES string of the molecule is CCOc1ccc(CN(C)C(=O)CCCCc2nc3ccccc3s2)cc1. The third-order valence-electron chi connectivity index (χ3n) is 4.45. The van der Waals surface area contributed by atoms with Gasteiger partial charge in [0.15, 0.2) is 0 Å². The van der Waals surface area contributed by atoms with Gasteiger partial charge in [-0.15, -0.1) is 11.3 Å². The Hall–Kier alpha value is -2.40. The third kappa shape index (κ3) is 5.54. The van der Waals surface area contributed by atoms with Gasteiger partial charge in [0.2, 0.25) is 5.91 Å². The summed E-state index contributed by atoms with van der Waals surface area (Å²) in [7, 11) is 1.87. The molecule has 0 aliphatic rings. The van der Waals surface area contributed by atoms with E-state index in [0.29, 0.717) is 19.6 Å². The average Bonchev–Trinajstić information content (AvgIpc) is 3.09. The van der Waals surface area contributed by atoms with Crippen LogP contribution in [0.1, 0.15) is 36.8 Å². The summed E-state index contributed by atoms with van der Waals surface area (Å²) in [4.78, 5) is 18.8. The van der Waals surface area contributed by atoms with Crippen LogP contribution >= 0.6 is 11.3 Å². The number of rotatable bonds is 9. The summed E-state index contributed by atoms with van der Waals surface area (Å²) < 4.78 is 6.68. The first kappa shape index (κ1) is 19.4. The van der Waals surface area contributed by atoms with Crippen LogP contribution in [0.5, 0.6) is 5.75 Å². The second-order valence-electron chi connectivity index (χ2n) is 6.61. The number of para-hydroxylation sites is 1. The number of thiazole rings is 1. The Labute approximate surface area is 164 Å². The normalized spacial score (nSPS) is 10.9. The summed E-state index contributed by atoms with van der Waals surface area (Å²) in [5.74, 6) is 1.05. The summed E-state index contributed by atoms with van der Waals surface area (Å²) in [6, 6.07) is 16.2. The van der Waals surface area contributed by atoms with Crippen molar-refractivity contribution in [3.63, 3.8) is 0 Å². The maximum absolute atomic E-state index is 12.4. The molecule has 0 aliphatic heterocycles. The van der Waals surface area contributed by atoms with Gasteiger partial charge in [0, 0.05) is 20.0 Å². The molecule has 0 radical (unpaired) electrons. The molecule has 0 saturated heterocycles. The molecule has 0 spiro atoms. The molecule has 3 aromatic rings. The molecule has 2 aromatic carbocycles. The number of carbonyl (C=O) groups excluding carboxylic acids is 1. The molecule has 0 saturated carbocycles. The van der Waals surface area contributed by atoms with Gasteiger partial charge < -0.3 is 9.64 Å². The number of aromatic nitrogens is 1. The van der Waals surface area contributed by atoms with Crippen molar-refractivity contribution >= 4 is 27.5 Å². The standard InChI is InChI=1S/C22H26N2O2S/c1-3-26-18-14-12-17(13-15-18)16-24(2)22(25)11-7-6-10-21-23-19-8-4-5-9-20(19)27-21/h4-5,8-9,12-15H,3,6-7,10-11,16H2,1-2H3. The van der Waals surface area contributed by atoms with Crippen LogP contribution in [0.15, 0.2) is 48.5 Å². The van der Waals surface area contributed by atoms with Crippen molar-refractivity contribution in [2.45, 2.75) is 39.2 Å². The lowest BCUT2D eigenvalue weighted by molar-refractivity contribution is -0.130. The minimum atomic E-state index is 0.188. The number of hydrogen-bond acceptors (Lipinski definition) is 4. The minimum absolute atomic E-state index is 0.188. The number of unbranched alkanes of at least 4 members (excludes halogenated alkanes) is 1. The lowest BCUT2D eigenvalue weighted by Crippen LogP contribution is -2.25. The van der Waals surface area contributed by atoms with Gasteiger partial charge in [-0.2, -0.15) is 0 Å². The first-order valence-corrected chi connectivity index (χ1v) is 10.3. The van der Waals surface area contributed by atoms with E-state index in [0.717, 1.165) is 41.1 Å². The maximum atomic E-state index is 12.4. The molecule has 0 atom stereocenters. The molecule has 4 nitrogen and oxygen atoms in total. The van der Waals surface area contributed by atoms with E-state index in [-0.39, 0.29) is 5.91 Å². The van der Waals surface area contributed by atoms with Gasteiger partial charge >= 0.3 is 0 Å². The van der Waals surface area contributed by atoms with Gasteiger partial charge in [0.25, 0.3) is 0 Å². The van der Waals surface area contributed by atoms with E-state index in [1.807, 2.05) is 50.4 Å². The van der Waals surface area contributed by atoms with Gasteiger partial charge in [0.05, 0.1) is 21.8 Å². The van der Waals surface area contributed by atoms with Crippen LogP contribution in [-0.2, 0) is 17.8 Å². The molecular formula is C22H26N2O2S. The van der Waals surface area contributed by atoms with Crippen LogP contribution < -0.4 is 4.74 Å². The van der Waals surface area contributed by atoms with Crippen molar-refractivity contribution in [1.29, 1.82) is 0 Å². The van der Waals surface area contributed by atoms with Gasteiger partial charge in [-0.25, -0.2) is 4.98 Å². The van der Waals surface area contributed by atoms with Crippen LogP contribution in [0.2, 0.25) is 0 Å². The molecular weight excluding hydrogens is 356 g/mol. The highest BCUT2D eigenvalue weighted by atomic mass is 32.1. The Morgan fingerprint density at radius 2 is 1.89 bits per heavy atom. The second-order valence-corrected chi connectivity index (χ2v) is 7.72. The Kier molecular flexibility index (Phi) is 6.82. The Morgan fingerprint density at radius 3 is 2.63 bits per heavy atom. The zero-order valence-electron chi connectivity index (χ0n) is 16.0. The van der Waals surface area contributed by atoms with E-state index in [4.69, 9.17) is 4.74 Å². The van der Waals surface area contributed by atoms with Crippen molar-refractivity contribution in [1.82, 2.24) is 9.88 Å². The van der Waals surface area contributed by atoms with Crippen molar-refractivity contribution in [2.24, 2.45) is 0 Å². The second kappa shape index (κ2) is 9.51. The van der Waals surface area contributed by atoms with E-state index in [1.54, 1.807) is 16.2 Å². The van der Waals surface area contributed by atoms with Crippen LogP contribution in [0.25, 0.3) is 10.2 Å². The highest BCUT2D eigenvalue weighted by molar-refractivity contribution is 7.18. The van der Waals surface area contributed by atoms with Crippen LogP contribution in [0.4, 0.5) is 0 Å². The molecule has 1 amide bonds. The number of aryl methyl sites for hydroxylation is 1. The zero-order chi connectivity index (χ0) is 19.1. The topological polar surface area (TPSA) is 42.4 Å². The number of carbonyl (C=O) groups is 1. The fourth-order valence-corrected chi connectivity index (χ4v) is 4.00. The number of fused-ring (bicyclic) bond motifs is 1. The van der Waals surface area contributed by atoms with Gasteiger partial charge in [-0.1, -0.05) is 24.3 Å². The Balaban J connectivity index is 1.40. The van der Waals surface area contributed by atoms with E-state index in [2.05, 4.69) is 17.1 Å². The summed E-state index contributed by atoms with van der Waals surface area (Å²) >= 11 is 1.75. The fraction of sp³-hybridized carbons (Fsp3) is 0.364. The van der Waals surface area contributed by atoms with E-state index >= 15 is 0 Å². The molecule has 0 unspecified atom stereocenters. The van der Waals surface area contributed by atoms with E-state index < -0.39 is 0 Å². The summed E-state index contributed by atoms with van der Waals surface area (Å²) in [6.07, 6.45) is 3.40. The predicted octanol–water partition coefficient (Wildman–Crippen LogP) is 5.07. The predicted molar refractivity (Wildman–Crippen MR) is 111 cm³/mol. The van der Waals surface area contributed by atoms with E-state index in [9.17, 15) is 4.79 Å². The first-order chi connectivity index (χ1) is 13.2. The lowest BCUT2D eigenvalue weighted by Gasteiger charge is -2.17. The van der Waals surface area contributed by atoms with Gasteiger partial charge in [-0.3, -0.25) is 4.79 Å². The van der Waals surface area contributed by atoms with Gasteiger partial charge in [0.1, 0.15) is 5.75 Å². The number of hydrogen-bond donors (Lipinski definition) is 0. The molecule has 3 rings (SSSR count). The molecule has 27 heavy (non-hydrogen) atoms. The molecule has 1 heterocycles. The minimum Gasteiger partial charge on any atom is -0.494 e.